The largest absolute Gasteiger partial charge is 0.481 e. The van der Waals surface area contributed by atoms with Crippen LogP contribution < -0.4 is 10.6 Å². The van der Waals surface area contributed by atoms with Gasteiger partial charge in [-0.05, 0) is 31.6 Å². The van der Waals surface area contributed by atoms with Crippen LogP contribution in [-0.2, 0) is 24.5 Å². The van der Waals surface area contributed by atoms with Crippen molar-refractivity contribution in [1.29, 1.82) is 0 Å². The van der Waals surface area contributed by atoms with Crippen molar-refractivity contribution in [2.45, 2.75) is 51.0 Å². The first-order chi connectivity index (χ1) is 13.2. The molecule has 1 aliphatic rings. The van der Waals surface area contributed by atoms with E-state index in [0.29, 0.717) is 12.3 Å². The molecule has 0 radical (unpaired) electrons. The number of hydrogen-bond acceptors (Lipinski definition) is 7. The SMILES string of the molecule is O=C(O)CCC(NC(=O)CCCCC1CCSSC1)C(=O)NCCS(=O)(=O)O. The highest BCUT2D eigenvalue weighted by molar-refractivity contribution is 8.76. The van der Waals surface area contributed by atoms with Gasteiger partial charge < -0.3 is 15.7 Å². The topological polar surface area (TPSA) is 150 Å². The fraction of sp³-hybridized carbons (Fsp3) is 0.812. The number of unbranched alkanes of at least 4 members (excludes halogenated alkanes) is 1. The number of carboxylic acid groups (broad SMARTS) is 1. The Balaban J connectivity index is 2.37. The lowest BCUT2D eigenvalue weighted by Crippen LogP contribution is -2.47. The predicted molar refractivity (Wildman–Crippen MR) is 110 cm³/mol. The van der Waals surface area contributed by atoms with Crippen LogP contribution in [0.15, 0.2) is 0 Å². The number of carbonyl (C=O) groups is 3. The van der Waals surface area contributed by atoms with E-state index in [1.165, 1.54) is 6.42 Å². The molecule has 162 valence electrons. The zero-order valence-corrected chi connectivity index (χ0v) is 18.0. The van der Waals surface area contributed by atoms with E-state index in [1.807, 2.05) is 21.6 Å². The molecule has 0 bridgehead atoms. The summed E-state index contributed by atoms with van der Waals surface area (Å²) in [5.41, 5.74) is 0. The predicted octanol–water partition coefficient (Wildman–Crippen LogP) is 1.30. The summed E-state index contributed by atoms with van der Waals surface area (Å²) in [6.45, 7) is -0.325. The van der Waals surface area contributed by atoms with Gasteiger partial charge in [-0.1, -0.05) is 28.0 Å². The highest BCUT2D eigenvalue weighted by atomic mass is 33.1. The van der Waals surface area contributed by atoms with Crippen LogP contribution >= 0.6 is 21.6 Å². The smallest absolute Gasteiger partial charge is 0.303 e. The van der Waals surface area contributed by atoms with Crippen LogP contribution in [0.3, 0.4) is 0 Å². The van der Waals surface area contributed by atoms with Crippen LogP contribution in [0.4, 0.5) is 0 Å². The zero-order chi connectivity index (χ0) is 21.0. The minimum atomic E-state index is -4.22. The first kappa shape index (κ1) is 25.1. The van der Waals surface area contributed by atoms with E-state index in [2.05, 4.69) is 10.6 Å². The molecular formula is C16H28N2O7S3. The number of nitrogens with one attached hydrogen (secondary N) is 2. The molecule has 12 heteroatoms. The average molecular weight is 457 g/mol. The molecule has 9 nitrogen and oxygen atoms in total. The van der Waals surface area contributed by atoms with E-state index in [1.54, 1.807) is 0 Å². The second kappa shape index (κ2) is 13.3. The molecule has 0 aliphatic carbocycles. The Morgan fingerprint density at radius 2 is 1.89 bits per heavy atom. The first-order valence-electron chi connectivity index (χ1n) is 9.16. The van der Waals surface area contributed by atoms with Crippen molar-refractivity contribution >= 4 is 49.5 Å². The molecule has 0 spiro atoms. The van der Waals surface area contributed by atoms with E-state index >= 15 is 0 Å². The molecule has 0 saturated carbocycles. The molecule has 28 heavy (non-hydrogen) atoms. The average Bonchev–Trinajstić information content (AvgIpc) is 2.61. The number of carbonyl (C=O) groups excluding carboxylic acids is 2. The van der Waals surface area contributed by atoms with Crippen molar-refractivity contribution < 1.29 is 32.5 Å². The number of carboxylic acids is 1. The van der Waals surface area contributed by atoms with Crippen molar-refractivity contribution in [2.75, 3.05) is 23.8 Å². The van der Waals surface area contributed by atoms with Crippen molar-refractivity contribution in [3.63, 3.8) is 0 Å². The van der Waals surface area contributed by atoms with Gasteiger partial charge in [0.05, 0.1) is 5.75 Å². The third-order valence-electron chi connectivity index (χ3n) is 4.22. The molecule has 1 heterocycles. The molecule has 1 rings (SSSR count). The number of rotatable bonds is 13. The van der Waals surface area contributed by atoms with Crippen LogP contribution in [0.25, 0.3) is 0 Å². The van der Waals surface area contributed by atoms with Crippen LogP contribution in [0.1, 0.15) is 44.9 Å². The maximum Gasteiger partial charge on any atom is 0.303 e. The molecule has 0 aromatic heterocycles. The van der Waals surface area contributed by atoms with Gasteiger partial charge in [0, 0.05) is 30.9 Å². The summed E-state index contributed by atoms with van der Waals surface area (Å²) >= 11 is 0. The normalized spacial score (nSPS) is 18.2. The summed E-state index contributed by atoms with van der Waals surface area (Å²) in [5.74, 6) is 0.214. The van der Waals surface area contributed by atoms with E-state index in [-0.39, 0.29) is 31.7 Å². The quantitative estimate of drug-likeness (QED) is 0.183. The lowest BCUT2D eigenvalue weighted by atomic mass is 10.0. The van der Waals surface area contributed by atoms with Crippen molar-refractivity contribution in [2.24, 2.45) is 5.92 Å². The molecule has 4 N–H and O–H groups in total. The van der Waals surface area contributed by atoms with E-state index in [0.717, 1.165) is 24.3 Å². The third kappa shape index (κ3) is 12.5. The van der Waals surface area contributed by atoms with Crippen LogP contribution in [0, 0.1) is 5.92 Å². The Bertz CT molecular complexity index is 622. The molecule has 2 atom stereocenters. The van der Waals surface area contributed by atoms with Crippen LogP contribution in [-0.4, -0.2) is 65.7 Å². The third-order valence-corrected chi connectivity index (χ3v) is 7.53. The maximum atomic E-state index is 12.1. The minimum Gasteiger partial charge on any atom is -0.481 e. The number of amides is 2. The van der Waals surface area contributed by atoms with Crippen molar-refractivity contribution in [3.05, 3.63) is 0 Å². The lowest BCUT2D eigenvalue weighted by molar-refractivity contribution is -0.138. The molecular weight excluding hydrogens is 428 g/mol. The fourth-order valence-electron chi connectivity index (χ4n) is 2.68. The van der Waals surface area contributed by atoms with Gasteiger partial charge in [0.15, 0.2) is 0 Å². The summed E-state index contributed by atoms with van der Waals surface area (Å²) < 4.78 is 30.1. The fourth-order valence-corrected chi connectivity index (χ4v) is 5.71. The van der Waals surface area contributed by atoms with Gasteiger partial charge in [-0.15, -0.1) is 0 Å². The Labute approximate surface area is 173 Å². The van der Waals surface area contributed by atoms with Gasteiger partial charge in [0.1, 0.15) is 6.04 Å². The molecule has 1 saturated heterocycles. The van der Waals surface area contributed by atoms with Crippen LogP contribution in [0.2, 0.25) is 0 Å². The van der Waals surface area contributed by atoms with E-state index in [4.69, 9.17) is 9.66 Å². The zero-order valence-electron chi connectivity index (χ0n) is 15.6. The van der Waals surface area contributed by atoms with E-state index < -0.39 is 33.8 Å². The minimum absolute atomic E-state index is 0.101. The Hall–Kier alpha value is -0.980. The Morgan fingerprint density at radius 1 is 1.14 bits per heavy atom. The summed E-state index contributed by atoms with van der Waals surface area (Å²) in [6.07, 6.45) is 3.71. The van der Waals surface area contributed by atoms with Gasteiger partial charge in [0.25, 0.3) is 10.1 Å². The van der Waals surface area contributed by atoms with Gasteiger partial charge in [-0.25, -0.2) is 0 Å². The monoisotopic (exact) mass is 456 g/mol. The highest BCUT2D eigenvalue weighted by Crippen LogP contribution is 2.34. The second-order valence-corrected chi connectivity index (χ2v) is 10.8. The molecule has 2 unspecified atom stereocenters. The lowest BCUT2D eigenvalue weighted by Gasteiger charge is -2.20. The van der Waals surface area contributed by atoms with Gasteiger partial charge in [-0.2, -0.15) is 8.42 Å². The first-order valence-corrected chi connectivity index (χ1v) is 13.3. The number of hydrogen-bond donors (Lipinski definition) is 4. The molecule has 0 aromatic rings. The van der Waals surface area contributed by atoms with E-state index in [9.17, 15) is 22.8 Å². The summed E-state index contributed by atoms with van der Waals surface area (Å²) in [6, 6.07) is -1.06. The maximum absolute atomic E-state index is 12.1. The van der Waals surface area contributed by atoms with Crippen molar-refractivity contribution in [3.8, 4) is 0 Å². The van der Waals surface area contributed by atoms with Crippen LogP contribution in [0.5, 0.6) is 0 Å². The van der Waals surface area contributed by atoms with Gasteiger partial charge in [0.2, 0.25) is 11.8 Å². The second-order valence-electron chi connectivity index (χ2n) is 6.64. The molecule has 1 aliphatic heterocycles. The molecule has 2 amide bonds. The molecule has 0 aromatic carbocycles. The summed E-state index contributed by atoms with van der Waals surface area (Å²) in [5, 5.41) is 13.6. The van der Waals surface area contributed by atoms with Gasteiger partial charge in [-0.3, -0.25) is 18.9 Å². The summed E-state index contributed by atoms with van der Waals surface area (Å²) in [7, 11) is -0.440. The molecule has 1 fully saturated rings. The summed E-state index contributed by atoms with van der Waals surface area (Å²) in [4.78, 5) is 35.0. The highest BCUT2D eigenvalue weighted by Gasteiger charge is 2.22. The Kier molecular flexibility index (Phi) is 11.9. The van der Waals surface area contributed by atoms with Gasteiger partial charge >= 0.3 is 5.97 Å². The Morgan fingerprint density at radius 3 is 2.50 bits per heavy atom. The van der Waals surface area contributed by atoms with Crippen molar-refractivity contribution in [1.82, 2.24) is 10.6 Å². The number of aliphatic carboxylic acids is 1. The standard InChI is InChI=1S/C16H28N2O7S3/c19-14(4-2-1-3-12-7-9-26-27-11-12)18-13(5-6-15(20)21)16(22)17-8-10-28(23,24)25/h12-13H,1-11H2,(H,17,22)(H,18,19)(H,20,21)(H,23,24,25).